The summed E-state index contributed by atoms with van der Waals surface area (Å²) in [7, 11) is 0. The van der Waals surface area contributed by atoms with Gasteiger partial charge in [-0.15, -0.1) is 0 Å². The lowest BCUT2D eigenvalue weighted by Crippen LogP contribution is -2.11. The molecule has 0 saturated carbocycles. The van der Waals surface area contributed by atoms with E-state index in [0.29, 0.717) is 29.2 Å². The molecule has 1 aromatic carbocycles. The van der Waals surface area contributed by atoms with E-state index in [1.807, 2.05) is 44.2 Å². The van der Waals surface area contributed by atoms with Gasteiger partial charge >= 0.3 is 0 Å². The maximum atomic E-state index is 6.18. The van der Waals surface area contributed by atoms with E-state index in [9.17, 15) is 0 Å². The normalized spacial score (nSPS) is 12.4. The molecule has 0 aliphatic rings. The number of halogens is 2. The fourth-order valence-electron chi connectivity index (χ4n) is 1.97. The molecule has 0 fully saturated rings. The molecule has 0 N–H and O–H groups in total. The SMILES string of the molecule is CCOC(c1ccccc1)c1nc(Cl)c(CC)c(Cl)n1. The Morgan fingerprint density at radius 2 is 1.65 bits per heavy atom. The Hall–Kier alpha value is -1.16. The van der Waals surface area contributed by atoms with E-state index in [-0.39, 0.29) is 6.10 Å². The average Bonchev–Trinajstić information content (AvgIpc) is 2.45. The molecule has 0 radical (unpaired) electrons. The van der Waals surface area contributed by atoms with Gasteiger partial charge in [0.25, 0.3) is 0 Å². The van der Waals surface area contributed by atoms with E-state index in [2.05, 4.69) is 9.97 Å². The number of hydrogen-bond acceptors (Lipinski definition) is 3. The summed E-state index contributed by atoms with van der Waals surface area (Å²) in [5.41, 5.74) is 1.74. The van der Waals surface area contributed by atoms with Crippen LogP contribution in [0.2, 0.25) is 10.3 Å². The van der Waals surface area contributed by atoms with Gasteiger partial charge in [-0.3, -0.25) is 0 Å². The van der Waals surface area contributed by atoms with Crippen molar-refractivity contribution in [1.29, 1.82) is 0 Å². The highest BCUT2D eigenvalue weighted by atomic mass is 35.5. The molecule has 20 heavy (non-hydrogen) atoms. The molecule has 0 bridgehead atoms. The molecule has 0 amide bonds. The summed E-state index contributed by atoms with van der Waals surface area (Å²) in [6.45, 7) is 4.45. The van der Waals surface area contributed by atoms with Gasteiger partial charge in [-0.1, -0.05) is 60.5 Å². The first-order chi connectivity index (χ1) is 9.67. The van der Waals surface area contributed by atoms with Crippen LogP contribution in [-0.4, -0.2) is 16.6 Å². The molecule has 0 aliphatic carbocycles. The second-order valence-corrected chi connectivity index (χ2v) is 4.96. The zero-order chi connectivity index (χ0) is 14.5. The maximum Gasteiger partial charge on any atom is 0.165 e. The molecular weight excluding hydrogens is 295 g/mol. The molecule has 0 spiro atoms. The zero-order valence-corrected chi connectivity index (χ0v) is 12.9. The molecule has 106 valence electrons. The van der Waals surface area contributed by atoms with Crippen molar-refractivity contribution in [3.05, 3.63) is 57.6 Å². The van der Waals surface area contributed by atoms with Crippen molar-refractivity contribution in [2.45, 2.75) is 26.4 Å². The van der Waals surface area contributed by atoms with Gasteiger partial charge in [-0.05, 0) is 18.9 Å². The minimum Gasteiger partial charge on any atom is -0.366 e. The van der Waals surface area contributed by atoms with E-state index >= 15 is 0 Å². The highest BCUT2D eigenvalue weighted by Gasteiger charge is 2.20. The summed E-state index contributed by atoms with van der Waals surface area (Å²) in [6, 6.07) is 9.79. The van der Waals surface area contributed by atoms with Crippen molar-refractivity contribution in [2.24, 2.45) is 0 Å². The first-order valence-electron chi connectivity index (χ1n) is 6.55. The molecule has 1 heterocycles. The summed E-state index contributed by atoms with van der Waals surface area (Å²) in [5, 5.41) is 0.784. The molecule has 1 atom stereocenters. The molecular formula is C15H16Cl2N2O. The van der Waals surface area contributed by atoms with Gasteiger partial charge < -0.3 is 4.74 Å². The van der Waals surface area contributed by atoms with Crippen LogP contribution in [0.4, 0.5) is 0 Å². The number of nitrogens with zero attached hydrogens (tertiary/aromatic N) is 2. The largest absolute Gasteiger partial charge is 0.366 e. The highest BCUT2D eigenvalue weighted by Crippen LogP contribution is 2.28. The quantitative estimate of drug-likeness (QED) is 0.764. The van der Waals surface area contributed by atoms with E-state index < -0.39 is 0 Å². The number of ether oxygens (including phenoxy) is 1. The van der Waals surface area contributed by atoms with Gasteiger partial charge in [0.15, 0.2) is 5.82 Å². The van der Waals surface area contributed by atoms with Gasteiger partial charge in [0.2, 0.25) is 0 Å². The van der Waals surface area contributed by atoms with Crippen LogP contribution in [0.25, 0.3) is 0 Å². The van der Waals surface area contributed by atoms with Crippen LogP contribution in [0.1, 0.15) is 36.9 Å². The summed E-state index contributed by atoms with van der Waals surface area (Å²) >= 11 is 12.4. The van der Waals surface area contributed by atoms with Crippen molar-refractivity contribution >= 4 is 23.2 Å². The predicted molar refractivity (Wildman–Crippen MR) is 81.3 cm³/mol. The van der Waals surface area contributed by atoms with Crippen LogP contribution in [0, 0.1) is 0 Å². The maximum absolute atomic E-state index is 6.18. The Bertz CT molecular complexity index is 552. The molecule has 1 unspecified atom stereocenters. The highest BCUT2D eigenvalue weighted by molar-refractivity contribution is 6.34. The van der Waals surface area contributed by atoms with Gasteiger partial charge in [-0.25, -0.2) is 9.97 Å². The van der Waals surface area contributed by atoms with E-state index in [4.69, 9.17) is 27.9 Å². The van der Waals surface area contributed by atoms with Gasteiger partial charge in [-0.2, -0.15) is 0 Å². The first kappa shape index (κ1) is 15.2. The third-order valence-electron chi connectivity index (χ3n) is 2.95. The minimum absolute atomic E-state index is 0.359. The van der Waals surface area contributed by atoms with Crippen LogP contribution in [0.15, 0.2) is 30.3 Å². The van der Waals surface area contributed by atoms with Crippen LogP contribution in [0.5, 0.6) is 0 Å². The van der Waals surface area contributed by atoms with Crippen LogP contribution in [-0.2, 0) is 11.2 Å². The summed E-state index contributed by atoms with van der Waals surface area (Å²) in [6.07, 6.45) is 0.338. The second-order valence-electron chi connectivity index (χ2n) is 4.24. The molecule has 2 rings (SSSR count). The van der Waals surface area contributed by atoms with E-state index in [0.717, 1.165) is 11.1 Å². The lowest BCUT2D eigenvalue weighted by atomic mass is 10.1. The van der Waals surface area contributed by atoms with E-state index in [1.165, 1.54) is 0 Å². The smallest absolute Gasteiger partial charge is 0.165 e. The van der Waals surface area contributed by atoms with Crippen molar-refractivity contribution in [2.75, 3.05) is 6.61 Å². The van der Waals surface area contributed by atoms with Crippen molar-refractivity contribution in [3.8, 4) is 0 Å². The Labute approximate surface area is 128 Å². The summed E-state index contributed by atoms with van der Waals surface area (Å²) < 4.78 is 5.76. The Balaban J connectivity index is 2.45. The first-order valence-corrected chi connectivity index (χ1v) is 7.31. The van der Waals surface area contributed by atoms with Gasteiger partial charge in [0.1, 0.15) is 16.4 Å². The fraction of sp³-hybridized carbons (Fsp3) is 0.333. The Morgan fingerprint density at radius 1 is 1.05 bits per heavy atom. The fourth-order valence-corrected chi connectivity index (χ4v) is 2.64. The average molecular weight is 311 g/mol. The lowest BCUT2D eigenvalue weighted by Gasteiger charge is -2.17. The predicted octanol–water partition coefficient (Wildman–Crippen LogP) is 4.47. The molecule has 0 saturated heterocycles. The summed E-state index contributed by atoms with van der Waals surface area (Å²) in [5.74, 6) is 0.491. The Kier molecular flexibility index (Phi) is 5.35. The number of benzene rings is 1. The van der Waals surface area contributed by atoms with Crippen LogP contribution < -0.4 is 0 Å². The van der Waals surface area contributed by atoms with Crippen molar-refractivity contribution in [1.82, 2.24) is 9.97 Å². The number of aromatic nitrogens is 2. The third kappa shape index (κ3) is 3.29. The van der Waals surface area contributed by atoms with Crippen molar-refractivity contribution < 1.29 is 4.74 Å². The monoisotopic (exact) mass is 310 g/mol. The molecule has 2 aromatic rings. The molecule has 3 nitrogen and oxygen atoms in total. The Morgan fingerprint density at radius 3 is 2.15 bits per heavy atom. The van der Waals surface area contributed by atoms with E-state index in [1.54, 1.807) is 0 Å². The molecule has 5 heteroatoms. The van der Waals surface area contributed by atoms with Crippen molar-refractivity contribution in [3.63, 3.8) is 0 Å². The standard InChI is InChI=1S/C15H16Cl2N2O/c1-3-11-13(16)18-15(19-14(11)17)12(20-4-2)10-8-6-5-7-9-10/h5-9,12H,3-4H2,1-2H3. The molecule has 1 aromatic heterocycles. The lowest BCUT2D eigenvalue weighted by molar-refractivity contribution is 0.0851. The van der Waals surface area contributed by atoms with Gasteiger partial charge in [0.05, 0.1) is 0 Å². The third-order valence-corrected chi connectivity index (χ3v) is 3.57. The summed E-state index contributed by atoms with van der Waals surface area (Å²) in [4.78, 5) is 8.69. The number of rotatable bonds is 5. The molecule has 0 aliphatic heterocycles. The van der Waals surface area contributed by atoms with Gasteiger partial charge in [0, 0.05) is 12.2 Å². The topological polar surface area (TPSA) is 35.0 Å². The number of hydrogen-bond donors (Lipinski definition) is 0. The second kappa shape index (κ2) is 7.02. The zero-order valence-electron chi connectivity index (χ0n) is 11.4. The van der Waals surface area contributed by atoms with Crippen LogP contribution in [0.3, 0.4) is 0 Å². The van der Waals surface area contributed by atoms with Crippen LogP contribution >= 0.6 is 23.2 Å². The minimum atomic E-state index is -0.359.